The Hall–Kier alpha value is -2.89. The Labute approximate surface area is 145 Å². The van der Waals surface area contributed by atoms with Crippen LogP contribution in [0.1, 0.15) is 22.8 Å². The van der Waals surface area contributed by atoms with E-state index in [1.165, 1.54) is 19.2 Å². The van der Waals surface area contributed by atoms with E-state index in [1.807, 2.05) is 31.2 Å². The maximum absolute atomic E-state index is 13.7. The second-order valence-corrected chi connectivity index (χ2v) is 5.87. The fraction of sp³-hybridized carbons (Fsp3) is 0.263. The Morgan fingerprint density at radius 1 is 1.24 bits per heavy atom. The minimum atomic E-state index is -0.755. The Morgan fingerprint density at radius 3 is 2.72 bits per heavy atom. The molecule has 6 heteroatoms. The van der Waals surface area contributed by atoms with Crippen LogP contribution in [-0.4, -0.2) is 31.6 Å². The molecule has 2 aromatic rings. The van der Waals surface area contributed by atoms with Gasteiger partial charge in [0.1, 0.15) is 0 Å². The molecule has 0 radical (unpaired) electrons. The van der Waals surface area contributed by atoms with Crippen molar-refractivity contribution in [1.29, 1.82) is 0 Å². The van der Waals surface area contributed by atoms with E-state index in [9.17, 15) is 14.0 Å². The summed E-state index contributed by atoms with van der Waals surface area (Å²) < 4.78 is 23.5. The van der Waals surface area contributed by atoms with E-state index in [0.29, 0.717) is 0 Å². The molecule has 0 fully saturated rings. The summed E-state index contributed by atoms with van der Waals surface area (Å²) in [5.41, 5.74) is 1.96. The summed E-state index contributed by atoms with van der Waals surface area (Å²) in [6.07, 6.45) is 0.763. The topological polar surface area (TPSA) is 55.8 Å². The van der Waals surface area contributed by atoms with Gasteiger partial charge < -0.3 is 14.4 Å². The highest BCUT2D eigenvalue weighted by Crippen LogP contribution is 2.31. The van der Waals surface area contributed by atoms with Crippen molar-refractivity contribution >= 4 is 17.6 Å². The van der Waals surface area contributed by atoms with Crippen LogP contribution in [0.4, 0.5) is 10.1 Å². The smallest absolute Gasteiger partial charge is 0.338 e. The van der Waals surface area contributed by atoms with Crippen molar-refractivity contribution in [3.05, 3.63) is 59.4 Å². The molecule has 0 unspecified atom stereocenters. The summed E-state index contributed by atoms with van der Waals surface area (Å²) in [5, 5.41) is 0. The van der Waals surface area contributed by atoms with Gasteiger partial charge in [0.2, 0.25) is 0 Å². The highest BCUT2D eigenvalue weighted by molar-refractivity contribution is 5.99. The third-order valence-corrected chi connectivity index (χ3v) is 4.19. The minimum Gasteiger partial charge on any atom is -0.494 e. The minimum absolute atomic E-state index is 0.00188. The molecule has 0 bridgehead atoms. The number of carbonyl (C=O) groups is 2. The predicted molar refractivity (Wildman–Crippen MR) is 90.3 cm³/mol. The highest BCUT2D eigenvalue weighted by Gasteiger charge is 2.31. The van der Waals surface area contributed by atoms with Gasteiger partial charge in [-0.15, -0.1) is 0 Å². The number of halogens is 1. The number of hydrogen-bond donors (Lipinski definition) is 0. The van der Waals surface area contributed by atoms with E-state index in [1.54, 1.807) is 4.90 Å². The average molecular weight is 343 g/mol. The zero-order valence-corrected chi connectivity index (χ0v) is 14.0. The quantitative estimate of drug-likeness (QED) is 0.801. The zero-order valence-electron chi connectivity index (χ0n) is 14.0. The maximum Gasteiger partial charge on any atom is 0.338 e. The van der Waals surface area contributed by atoms with E-state index in [0.717, 1.165) is 23.7 Å². The normalized spacial score (nSPS) is 15.6. The number of benzene rings is 2. The van der Waals surface area contributed by atoms with Gasteiger partial charge in [-0.2, -0.15) is 0 Å². The summed E-state index contributed by atoms with van der Waals surface area (Å²) in [7, 11) is 1.34. The van der Waals surface area contributed by atoms with E-state index in [-0.39, 0.29) is 23.3 Å². The predicted octanol–water partition coefficient (Wildman–Crippen LogP) is 2.97. The molecule has 25 heavy (non-hydrogen) atoms. The van der Waals surface area contributed by atoms with Crippen molar-refractivity contribution in [2.45, 2.75) is 19.4 Å². The number of amides is 1. The standard InChI is InChI=1S/C19H18FNO4/c1-12-9-13-5-3-4-6-16(13)21(12)18(22)11-25-19(23)14-7-8-17(24-2)15(20)10-14/h3-8,10,12H,9,11H2,1-2H3/t12-/m1/s1. The van der Waals surface area contributed by atoms with Crippen LogP contribution in [0.2, 0.25) is 0 Å². The fourth-order valence-corrected chi connectivity index (χ4v) is 3.02. The molecule has 0 spiro atoms. The SMILES string of the molecule is COc1ccc(C(=O)OCC(=O)N2c3ccccc3C[C@H]2C)cc1F. The van der Waals surface area contributed by atoms with Gasteiger partial charge in [-0.3, -0.25) is 4.79 Å². The first-order valence-electron chi connectivity index (χ1n) is 7.92. The Morgan fingerprint density at radius 2 is 2.00 bits per heavy atom. The molecule has 1 atom stereocenters. The van der Waals surface area contributed by atoms with Crippen LogP contribution in [0.25, 0.3) is 0 Å². The highest BCUT2D eigenvalue weighted by atomic mass is 19.1. The monoisotopic (exact) mass is 343 g/mol. The van der Waals surface area contributed by atoms with Crippen molar-refractivity contribution in [3.8, 4) is 5.75 Å². The van der Waals surface area contributed by atoms with Gasteiger partial charge in [0.15, 0.2) is 18.2 Å². The summed E-state index contributed by atoms with van der Waals surface area (Å²) in [6, 6.07) is 11.4. The first-order valence-corrected chi connectivity index (χ1v) is 7.92. The van der Waals surface area contributed by atoms with Gasteiger partial charge in [0.25, 0.3) is 5.91 Å². The Kier molecular flexibility index (Phi) is 4.70. The van der Waals surface area contributed by atoms with Gasteiger partial charge in [-0.25, -0.2) is 9.18 Å². The molecule has 1 heterocycles. The van der Waals surface area contributed by atoms with Gasteiger partial charge in [-0.05, 0) is 43.2 Å². The molecule has 1 aliphatic heterocycles. The third-order valence-electron chi connectivity index (χ3n) is 4.19. The van der Waals surface area contributed by atoms with Gasteiger partial charge in [0.05, 0.1) is 12.7 Å². The number of para-hydroxylation sites is 1. The number of fused-ring (bicyclic) bond motifs is 1. The number of carbonyl (C=O) groups excluding carboxylic acids is 2. The second-order valence-electron chi connectivity index (χ2n) is 5.87. The van der Waals surface area contributed by atoms with Gasteiger partial charge in [0, 0.05) is 11.7 Å². The molecule has 1 aliphatic rings. The number of anilines is 1. The lowest BCUT2D eigenvalue weighted by Crippen LogP contribution is -2.38. The average Bonchev–Trinajstić information content (AvgIpc) is 2.95. The first-order chi connectivity index (χ1) is 12.0. The van der Waals surface area contributed by atoms with Crippen molar-refractivity contribution in [2.75, 3.05) is 18.6 Å². The van der Waals surface area contributed by atoms with Crippen LogP contribution < -0.4 is 9.64 Å². The van der Waals surface area contributed by atoms with Crippen LogP contribution in [0, 0.1) is 5.82 Å². The van der Waals surface area contributed by atoms with Crippen LogP contribution in [0.3, 0.4) is 0 Å². The molecule has 0 aliphatic carbocycles. The van der Waals surface area contributed by atoms with E-state index >= 15 is 0 Å². The Balaban J connectivity index is 1.66. The van der Waals surface area contributed by atoms with Gasteiger partial charge in [-0.1, -0.05) is 18.2 Å². The number of nitrogens with zero attached hydrogens (tertiary/aromatic N) is 1. The van der Waals surface area contributed by atoms with Crippen LogP contribution in [0.5, 0.6) is 5.75 Å². The molecule has 0 aromatic heterocycles. The van der Waals surface area contributed by atoms with Crippen LogP contribution >= 0.6 is 0 Å². The third kappa shape index (κ3) is 3.33. The molecule has 130 valence electrons. The fourth-order valence-electron chi connectivity index (χ4n) is 3.02. The lowest BCUT2D eigenvalue weighted by molar-refractivity contribution is -0.122. The molecule has 0 saturated heterocycles. The lowest BCUT2D eigenvalue weighted by atomic mass is 10.1. The van der Waals surface area contributed by atoms with Crippen molar-refractivity contribution < 1.29 is 23.5 Å². The number of hydrogen-bond acceptors (Lipinski definition) is 4. The number of rotatable bonds is 4. The summed E-state index contributed by atoms with van der Waals surface area (Å²) in [5.74, 6) is -1.68. The van der Waals surface area contributed by atoms with Crippen molar-refractivity contribution in [1.82, 2.24) is 0 Å². The van der Waals surface area contributed by atoms with Crippen molar-refractivity contribution in [3.63, 3.8) is 0 Å². The number of methoxy groups -OCH3 is 1. The van der Waals surface area contributed by atoms with Crippen LogP contribution in [0.15, 0.2) is 42.5 Å². The lowest BCUT2D eigenvalue weighted by Gasteiger charge is -2.22. The van der Waals surface area contributed by atoms with Gasteiger partial charge >= 0.3 is 5.97 Å². The zero-order chi connectivity index (χ0) is 18.0. The largest absolute Gasteiger partial charge is 0.494 e. The second kappa shape index (κ2) is 6.93. The molecule has 3 rings (SSSR count). The summed E-state index contributed by atoms with van der Waals surface area (Å²) in [4.78, 5) is 26.2. The first kappa shape index (κ1) is 17.0. The molecule has 2 aromatic carbocycles. The number of ether oxygens (including phenoxy) is 2. The number of esters is 1. The van der Waals surface area contributed by atoms with E-state index < -0.39 is 18.4 Å². The van der Waals surface area contributed by atoms with E-state index in [2.05, 4.69) is 0 Å². The van der Waals surface area contributed by atoms with Crippen molar-refractivity contribution in [2.24, 2.45) is 0 Å². The van der Waals surface area contributed by atoms with Crippen LogP contribution in [-0.2, 0) is 16.0 Å². The molecule has 0 N–H and O–H groups in total. The summed E-state index contributed by atoms with van der Waals surface area (Å²) >= 11 is 0. The Bertz CT molecular complexity index is 821. The molecule has 0 saturated carbocycles. The maximum atomic E-state index is 13.7. The molecular formula is C19H18FNO4. The molecule has 5 nitrogen and oxygen atoms in total. The summed E-state index contributed by atoms with van der Waals surface area (Å²) in [6.45, 7) is 1.55. The molecule has 1 amide bonds. The molecular weight excluding hydrogens is 325 g/mol. The van der Waals surface area contributed by atoms with E-state index in [4.69, 9.17) is 9.47 Å².